The van der Waals surface area contributed by atoms with Crippen molar-refractivity contribution in [2.45, 2.75) is 0 Å². The summed E-state index contributed by atoms with van der Waals surface area (Å²) in [5.74, 6) is -0.935. The van der Waals surface area contributed by atoms with Gasteiger partial charge in [0.05, 0.1) is 18.4 Å². The van der Waals surface area contributed by atoms with E-state index in [1.807, 2.05) is 54.6 Å². The third-order valence-electron chi connectivity index (χ3n) is 4.07. The summed E-state index contributed by atoms with van der Waals surface area (Å²) in [5.41, 5.74) is 3.59. The van der Waals surface area contributed by atoms with E-state index in [4.69, 9.17) is 16.3 Å². The van der Waals surface area contributed by atoms with E-state index in [1.54, 1.807) is 18.2 Å². The SMILES string of the molecule is COC(=O)c1cc(Cl)ccc1NC(=O)/C=C/c1cccc(-c2ccccc2)c1. The minimum Gasteiger partial charge on any atom is -0.465 e. The average Bonchev–Trinajstić information content (AvgIpc) is 2.74. The molecule has 3 rings (SSSR count). The molecule has 1 amide bonds. The third kappa shape index (κ3) is 4.87. The summed E-state index contributed by atoms with van der Waals surface area (Å²) in [6, 6.07) is 22.5. The van der Waals surface area contributed by atoms with Crippen LogP contribution in [0.15, 0.2) is 78.9 Å². The van der Waals surface area contributed by atoms with Crippen LogP contribution in [0.3, 0.4) is 0 Å². The lowest BCUT2D eigenvalue weighted by molar-refractivity contribution is -0.111. The quantitative estimate of drug-likeness (QED) is 0.465. The Morgan fingerprint density at radius 1 is 0.929 bits per heavy atom. The second kappa shape index (κ2) is 9.02. The largest absolute Gasteiger partial charge is 0.465 e. The van der Waals surface area contributed by atoms with Gasteiger partial charge in [-0.25, -0.2) is 4.79 Å². The minimum absolute atomic E-state index is 0.197. The first-order valence-electron chi connectivity index (χ1n) is 8.59. The molecule has 0 atom stereocenters. The highest BCUT2D eigenvalue weighted by molar-refractivity contribution is 6.31. The van der Waals surface area contributed by atoms with Crippen molar-refractivity contribution in [2.75, 3.05) is 12.4 Å². The highest BCUT2D eigenvalue weighted by Gasteiger charge is 2.13. The number of anilines is 1. The molecule has 3 aromatic carbocycles. The Morgan fingerprint density at radius 3 is 2.43 bits per heavy atom. The Balaban J connectivity index is 1.76. The highest BCUT2D eigenvalue weighted by Crippen LogP contribution is 2.22. The number of esters is 1. The third-order valence-corrected chi connectivity index (χ3v) is 4.30. The fourth-order valence-corrected chi connectivity index (χ4v) is 2.88. The van der Waals surface area contributed by atoms with Crippen molar-refractivity contribution in [2.24, 2.45) is 0 Å². The van der Waals surface area contributed by atoms with Crippen LogP contribution in [0.5, 0.6) is 0 Å². The van der Waals surface area contributed by atoms with E-state index in [2.05, 4.69) is 5.32 Å². The van der Waals surface area contributed by atoms with Gasteiger partial charge in [-0.1, -0.05) is 60.1 Å². The number of carbonyl (C=O) groups excluding carboxylic acids is 2. The Morgan fingerprint density at radius 2 is 1.68 bits per heavy atom. The molecular formula is C23H18ClNO3. The average molecular weight is 392 g/mol. The van der Waals surface area contributed by atoms with E-state index in [0.29, 0.717) is 10.7 Å². The van der Waals surface area contributed by atoms with Gasteiger partial charge in [-0.15, -0.1) is 0 Å². The van der Waals surface area contributed by atoms with Crippen molar-refractivity contribution in [3.8, 4) is 11.1 Å². The van der Waals surface area contributed by atoms with E-state index in [9.17, 15) is 9.59 Å². The fourth-order valence-electron chi connectivity index (χ4n) is 2.70. The molecule has 0 unspecified atom stereocenters. The van der Waals surface area contributed by atoms with Crippen molar-refractivity contribution in [3.05, 3.63) is 95.0 Å². The molecule has 140 valence electrons. The van der Waals surface area contributed by atoms with Crippen LogP contribution in [0.4, 0.5) is 5.69 Å². The molecule has 0 saturated heterocycles. The zero-order valence-electron chi connectivity index (χ0n) is 15.2. The van der Waals surface area contributed by atoms with Gasteiger partial charge in [-0.05, 0) is 47.0 Å². The van der Waals surface area contributed by atoms with E-state index in [0.717, 1.165) is 16.7 Å². The lowest BCUT2D eigenvalue weighted by Gasteiger charge is -2.08. The van der Waals surface area contributed by atoms with Gasteiger partial charge in [-0.2, -0.15) is 0 Å². The number of nitrogens with one attached hydrogen (secondary N) is 1. The van der Waals surface area contributed by atoms with Crippen LogP contribution in [0.2, 0.25) is 5.02 Å². The van der Waals surface area contributed by atoms with Gasteiger partial charge in [0.1, 0.15) is 0 Å². The summed E-state index contributed by atoms with van der Waals surface area (Å²) in [4.78, 5) is 24.2. The van der Waals surface area contributed by atoms with Crippen molar-refractivity contribution in [1.29, 1.82) is 0 Å². The molecule has 0 aliphatic carbocycles. The van der Waals surface area contributed by atoms with Gasteiger partial charge < -0.3 is 10.1 Å². The Bertz CT molecular complexity index is 1030. The molecule has 0 saturated carbocycles. The second-order valence-electron chi connectivity index (χ2n) is 6.00. The first-order valence-corrected chi connectivity index (χ1v) is 8.97. The summed E-state index contributed by atoms with van der Waals surface area (Å²) in [7, 11) is 1.27. The van der Waals surface area contributed by atoms with Crippen LogP contribution in [-0.2, 0) is 9.53 Å². The predicted octanol–water partition coefficient (Wildman–Crippen LogP) is 5.45. The molecule has 5 heteroatoms. The van der Waals surface area contributed by atoms with Crippen LogP contribution in [0.1, 0.15) is 15.9 Å². The van der Waals surface area contributed by atoms with E-state index < -0.39 is 5.97 Å². The predicted molar refractivity (Wildman–Crippen MR) is 112 cm³/mol. The van der Waals surface area contributed by atoms with Gasteiger partial charge >= 0.3 is 5.97 Å². The van der Waals surface area contributed by atoms with Crippen LogP contribution in [0.25, 0.3) is 17.2 Å². The van der Waals surface area contributed by atoms with Crippen molar-refractivity contribution >= 4 is 35.2 Å². The number of carbonyl (C=O) groups is 2. The topological polar surface area (TPSA) is 55.4 Å². The van der Waals surface area contributed by atoms with E-state index in [-0.39, 0.29) is 11.5 Å². The number of amides is 1. The first-order chi connectivity index (χ1) is 13.6. The van der Waals surface area contributed by atoms with Gasteiger partial charge in [-0.3, -0.25) is 4.79 Å². The molecule has 28 heavy (non-hydrogen) atoms. The number of halogens is 1. The molecule has 0 bridgehead atoms. The number of benzene rings is 3. The van der Waals surface area contributed by atoms with Crippen LogP contribution < -0.4 is 5.32 Å². The Kier molecular flexibility index (Phi) is 6.25. The standard InChI is InChI=1S/C23H18ClNO3/c1-28-23(27)20-15-19(24)11-12-21(20)25-22(26)13-10-16-6-5-9-18(14-16)17-7-3-2-4-8-17/h2-15H,1H3,(H,25,26)/b13-10+. The van der Waals surface area contributed by atoms with Crippen molar-refractivity contribution < 1.29 is 14.3 Å². The molecule has 0 aliphatic rings. The highest BCUT2D eigenvalue weighted by atomic mass is 35.5. The van der Waals surface area contributed by atoms with Crippen LogP contribution in [0, 0.1) is 0 Å². The Labute approximate surface area is 168 Å². The lowest BCUT2D eigenvalue weighted by Crippen LogP contribution is -2.13. The van der Waals surface area contributed by atoms with Crippen molar-refractivity contribution in [1.82, 2.24) is 0 Å². The molecule has 3 aromatic rings. The zero-order chi connectivity index (χ0) is 19.9. The normalized spacial score (nSPS) is 10.6. The van der Waals surface area contributed by atoms with Gasteiger partial charge in [0.15, 0.2) is 0 Å². The summed E-state index contributed by atoms with van der Waals surface area (Å²) >= 11 is 5.93. The van der Waals surface area contributed by atoms with Gasteiger partial charge in [0, 0.05) is 11.1 Å². The first kappa shape index (κ1) is 19.4. The van der Waals surface area contributed by atoms with E-state index in [1.165, 1.54) is 19.3 Å². The van der Waals surface area contributed by atoms with E-state index >= 15 is 0 Å². The smallest absolute Gasteiger partial charge is 0.340 e. The number of methoxy groups -OCH3 is 1. The molecule has 0 fully saturated rings. The molecular weight excluding hydrogens is 374 g/mol. The van der Waals surface area contributed by atoms with Crippen LogP contribution in [-0.4, -0.2) is 19.0 Å². The summed E-state index contributed by atoms with van der Waals surface area (Å²) in [5, 5.41) is 3.07. The molecule has 0 spiro atoms. The van der Waals surface area contributed by atoms with Crippen molar-refractivity contribution in [3.63, 3.8) is 0 Å². The van der Waals surface area contributed by atoms with Gasteiger partial charge in [0.25, 0.3) is 0 Å². The second-order valence-corrected chi connectivity index (χ2v) is 6.43. The number of hydrogen-bond acceptors (Lipinski definition) is 3. The summed E-state index contributed by atoms with van der Waals surface area (Å²) in [6.07, 6.45) is 3.13. The number of hydrogen-bond donors (Lipinski definition) is 1. The zero-order valence-corrected chi connectivity index (χ0v) is 15.9. The molecule has 4 nitrogen and oxygen atoms in total. The fraction of sp³-hybridized carbons (Fsp3) is 0.0435. The molecule has 1 N–H and O–H groups in total. The maximum Gasteiger partial charge on any atom is 0.340 e. The summed E-state index contributed by atoms with van der Waals surface area (Å²) in [6.45, 7) is 0. The maximum atomic E-state index is 12.3. The summed E-state index contributed by atoms with van der Waals surface area (Å²) < 4.78 is 4.73. The number of rotatable bonds is 5. The minimum atomic E-state index is -0.572. The van der Waals surface area contributed by atoms with Crippen LogP contribution >= 0.6 is 11.6 Å². The molecule has 0 aromatic heterocycles. The molecule has 0 radical (unpaired) electrons. The molecule has 0 heterocycles. The number of ether oxygens (including phenoxy) is 1. The maximum absolute atomic E-state index is 12.3. The lowest BCUT2D eigenvalue weighted by atomic mass is 10.0. The van der Waals surface area contributed by atoms with Gasteiger partial charge in [0.2, 0.25) is 5.91 Å². The molecule has 0 aliphatic heterocycles. The monoisotopic (exact) mass is 391 g/mol. The Hall–Kier alpha value is -3.37.